The van der Waals surface area contributed by atoms with Crippen LogP contribution in [0.3, 0.4) is 0 Å². The molecule has 0 spiro atoms. The number of hydrogen-bond donors (Lipinski definition) is 1. The first-order chi connectivity index (χ1) is 9.21. The van der Waals surface area contributed by atoms with E-state index in [0.717, 1.165) is 0 Å². The number of alkyl halides is 3. The Morgan fingerprint density at radius 2 is 1.90 bits per heavy atom. The lowest BCUT2D eigenvalue weighted by molar-refractivity contribution is -0.183. The summed E-state index contributed by atoms with van der Waals surface area (Å²) in [5, 5.41) is 4.04. The fraction of sp³-hybridized carbons (Fsp3) is 0.667. The fourth-order valence-electron chi connectivity index (χ4n) is 2.49. The molecule has 1 aliphatic heterocycles. The number of piperidine rings is 1. The molecule has 0 radical (unpaired) electrons. The summed E-state index contributed by atoms with van der Waals surface area (Å²) < 4.78 is 39.1. The zero-order chi connectivity index (χ0) is 15.1. The van der Waals surface area contributed by atoms with Crippen LogP contribution in [0.25, 0.3) is 0 Å². The van der Waals surface area contributed by atoms with Crippen molar-refractivity contribution in [3.05, 3.63) is 11.4 Å². The summed E-state index contributed by atoms with van der Waals surface area (Å²) in [6.07, 6.45) is -4.31. The van der Waals surface area contributed by atoms with E-state index in [-0.39, 0.29) is 43.2 Å². The molecule has 5 nitrogen and oxygen atoms in total. The summed E-state index contributed by atoms with van der Waals surface area (Å²) in [5.41, 5.74) is 6.87. The Bertz CT molecular complexity index is 516. The quantitative estimate of drug-likeness (QED) is 0.856. The van der Waals surface area contributed by atoms with Gasteiger partial charge in [0.25, 0.3) is 5.91 Å². The second-order valence-corrected chi connectivity index (χ2v) is 5.08. The van der Waals surface area contributed by atoms with Gasteiger partial charge in [-0.2, -0.15) is 18.3 Å². The van der Waals surface area contributed by atoms with E-state index in [0.29, 0.717) is 5.69 Å². The van der Waals surface area contributed by atoms with Crippen molar-refractivity contribution in [3.63, 3.8) is 0 Å². The second-order valence-electron chi connectivity index (χ2n) is 5.08. The lowest BCUT2D eigenvalue weighted by Gasteiger charge is -2.32. The summed E-state index contributed by atoms with van der Waals surface area (Å²) in [7, 11) is 1.60. The first-order valence-corrected chi connectivity index (χ1v) is 6.37. The zero-order valence-corrected chi connectivity index (χ0v) is 11.4. The van der Waals surface area contributed by atoms with E-state index in [2.05, 4.69) is 5.10 Å². The van der Waals surface area contributed by atoms with Gasteiger partial charge < -0.3 is 10.6 Å². The molecule has 2 N–H and O–H groups in total. The molecule has 0 aromatic carbocycles. The molecule has 112 valence electrons. The van der Waals surface area contributed by atoms with Gasteiger partial charge in [-0.3, -0.25) is 9.48 Å². The van der Waals surface area contributed by atoms with Crippen LogP contribution >= 0.6 is 0 Å². The summed E-state index contributed by atoms with van der Waals surface area (Å²) in [6, 6.07) is 0. The normalized spacial score (nSPS) is 17.6. The summed E-state index contributed by atoms with van der Waals surface area (Å²) in [6.45, 7) is 1.86. The number of nitrogen functional groups attached to an aromatic ring is 1. The summed E-state index contributed by atoms with van der Waals surface area (Å²) in [5.74, 6) is -1.68. The number of amides is 1. The highest BCUT2D eigenvalue weighted by Gasteiger charge is 2.42. The molecule has 0 bridgehead atoms. The molecule has 20 heavy (non-hydrogen) atoms. The Labute approximate surface area is 114 Å². The summed E-state index contributed by atoms with van der Waals surface area (Å²) >= 11 is 0. The third-order valence-electron chi connectivity index (χ3n) is 3.72. The molecule has 1 fully saturated rings. The van der Waals surface area contributed by atoms with Crippen LogP contribution in [-0.4, -0.2) is 39.9 Å². The van der Waals surface area contributed by atoms with Gasteiger partial charge >= 0.3 is 6.18 Å². The van der Waals surface area contributed by atoms with Crippen LogP contribution in [0.5, 0.6) is 0 Å². The van der Waals surface area contributed by atoms with Gasteiger partial charge in [0, 0.05) is 20.1 Å². The predicted octanol–water partition coefficient (Wildman–Crippen LogP) is 1.73. The molecule has 1 saturated heterocycles. The highest BCUT2D eigenvalue weighted by atomic mass is 19.4. The number of hydrogen-bond acceptors (Lipinski definition) is 3. The smallest absolute Gasteiger partial charge is 0.391 e. The Balaban J connectivity index is 2.09. The molecule has 0 aliphatic carbocycles. The van der Waals surface area contributed by atoms with Crippen molar-refractivity contribution >= 4 is 11.6 Å². The van der Waals surface area contributed by atoms with Crippen molar-refractivity contribution in [2.45, 2.75) is 25.9 Å². The van der Waals surface area contributed by atoms with Crippen molar-refractivity contribution in [2.75, 3.05) is 18.8 Å². The SMILES string of the molecule is Cc1nn(C)c(C(=O)N2CCC(C(F)(F)F)CC2)c1N. The van der Waals surface area contributed by atoms with Crippen molar-refractivity contribution in [2.24, 2.45) is 13.0 Å². The van der Waals surface area contributed by atoms with Crippen molar-refractivity contribution in [3.8, 4) is 0 Å². The predicted molar refractivity (Wildman–Crippen MR) is 67.0 cm³/mol. The van der Waals surface area contributed by atoms with E-state index in [1.807, 2.05) is 0 Å². The van der Waals surface area contributed by atoms with E-state index in [1.54, 1.807) is 14.0 Å². The number of carbonyl (C=O) groups excluding carboxylic acids is 1. The number of halogens is 3. The Kier molecular flexibility index (Phi) is 3.66. The molecule has 1 aliphatic rings. The topological polar surface area (TPSA) is 64.2 Å². The van der Waals surface area contributed by atoms with E-state index >= 15 is 0 Å². The lowest BCUT2D eigenvalue weighted by atomic mass is 9.96. The average molecular weight is 290 g/mol. The molecule has 1 aromatic rings. The number of anilines is 1. The molecule has 1 amide bonds. The molecule has 0 atom stereocenters. The van der Waals surface area contributed by atoms with E-state index in [1.165, 1.54) is 9.58 Å². The van der Waals surface area contributed by atoms with Crippen LogP contribution in [0.2, 0.25) is 0 Å². The largest absolute Gasteiger partial charge is 0.395 e. The van der Waals surface area contributed by atoms with Gasteiger partial charge in [0.15, 0.2) is 0 Å². The maximum absolute atomic E-state index is 12.6. The average Bonchev–Trinajstić information content (AvgIpc) is 2.62. The van der Waals surface area contributed by atoms with E-state index in [4.69, 9.17) is 5.73 Å². The van der Waals surface area contributed by atoms with Crippen molar-refractivity contribution < 1.29 is 18.0 Å². The number of aryl methyl sites for hydroxylation is 2. The van der Waals surface area contributed by atoms with Gasteiger partial charge in [0.1, 0.15) is 5.69 Å². The number of nitrogens with two attached hydrogens (primary N) is 1. The van der Waals surface area contributed by atoms with Crippen LogP contribution < -0.4 is 5.73 Å². The molecule has 1 aromatic heterocycles. The number of likely N-dealkylation sites (tertiary alicyclic amines) is 1. The molecular weight excluding hydrogens is 273 g/mol. The minimum absolute atomic E-state index is 0.0635. The molecule has 8 heteroatoms. The third-order valence-corrected chi connectivity index (χ3v) is 3.72. The van der Waals surface area contributed by atoms with Crippen LogP contribution in [0.1, 0.15) is 29.0 Å². The molecule has 0 unspecified atom stereocenters. The van der Waals surface area contributed by atoms with Crippen LogP contribution in [0.4, 0.5) is 18.9 Å². The van der Waals surface area contributed by atoms with Crippen LogP contribution in [-0.2, 0) is 7.05 Å². The third kappa shape index (κ3) is 2.59. The minimum atomic E-state index is -4.18. The van der Waals surface area contributed by atoms with Crippen molar-refractivity contribution in [1.29, 1.82) is 0 Å². The number of aromatic nitrogens is 2. The zero-order valence-electron chi connectivity index (χ0n) is 11.4. The Hall–Kier alpha value is -1.73. The highest BCUT2D eigenvalue weighted by Crippen LogP contribution is 2.34. The van der Waals surface area contributed by atoms with E-state index in [9.17, 15) is 18.0 Å². The Morgan fingerprint density at radius 1 is 1.35 bits per heavy atom. The standard InChI is InChI=1S/C12H17F3N4O/c1-7-9(16)10(18(2)17-7)11(20)19-5-3-8(4-6-19)12(13,14)15/h8H,3-6,16H2,1-2H3. The van der Waals surface area contributed by atoms with Gasteiger partial charge in [-0.15, -0.1) is 0 Å². The first kappa shape index (κ1) is 14.7. The maximum Gasteiger partial charge on any atom is 0.391 e. The number of carbonyl (C=O) groups is 1. The van der Waals surface area contributed by atoms with Crippen LogP contribution in [0.15, 0.2) is 0 Å². The monoisotopic (exact) mass is 290 g/mol. The van der Waals surface area contributed by atoms with Crippen molar-refractivity contribution in [1.82, 2.24) is 14.7 Å². The van der Waals surface area contributed by atoms with Gasteiger partial charge in [-0.05, 0) is 19.8 Å². The molecule has 2 heterocycles. The fourth-order valence-corrected chi connectivity index (χ4v) is 2.49. The molecular formula is C12H17F3N4O. The number of nitrogens with zero attached hydrogens (tertiary/aromatic N) is 3. The lowest BCUT2D eigenvalue weighted by Crippen LogP contribution is -2.42. The molecule has 2 rings (SSSR count). The highest BCUT2D eigenvalue weighted by molar-refractivity contribution is 5.98. The first-order valence-electron chi connectivity index (χ1n) is 6.37. The van der Waals surface area contributed by atoms with Gasteiger partial charge in [-0.1, -0.05) is 0 Å². The summed E-state index contributed by atoms with van der Waals surface area (Å²) in [4.78, 5) is 13.7. The van der Waals surface area contributed by atoms with Gasteiger partial charge in [0.05, 0.1) is 17.3 Å². The minimum Gasteiger partial charge on any atom is -0.395 e. The second kappa shape index (κ2) is 4.99. The number of rotatable bonds is 1. The van der Waals surface area contributed by atoms with Gasteiger partial charge in [-0.25, -0.2) is 0 Å². The maximum atomic E-state index is 12.6. The van der Waals surface area contributed by atoms with E-state index < -0.39 is 12.1 Å². The van der Waals surface area contributed by atoms with Crippen LogP contribution in [0, 0.1) is 12.8 Å². The molecule has 0 saturated carbocycles. The Morgan fingerprint density at radius 3 is 2.30 bits per heavy atom. The van der Waals surface area contributed by atoms with Gasteiger partial charge in [0.2, 0.25) is 0 Å².